The van der Waals surface area contributed by atoms with Gasteiger partial charge in [-0.2, -0.15) is 0 Å². The Labute approximate surface area is 61.9 Å². The number of hydrogen-bond acceptors (Lipinski definition) is 1. The van der Waals surface area contributed by atoms with Crippen molar-refractivity contribution in [1.82, 2.24) is 0 Å². The van der Waals surface area contributed by atoms with Crippen LogP contribution in [0.3, 0.4) is 0 Å². The summed E-state index contributed by atoms with van der Waals surface area (Å²) in [6, 6.07) is 0. The third-order valence-electron chi connectivity index (χ3n) is 0.744. The van der Waals surface area contributed by atoms with Gasteiger partial charge in [0.25, 0.3) is 0 Å². The van der Waals surface area contributed by atoms with Gasteiger partial charge in [0.1, 0.15) is 5.78 Å². The molecule has 0 atom stereocenters. The molecule has 0 saturated heterocycles. The van der Waals surface area contributed by atoms with Gasteiger partial charge in [-0.3, -0.25) is 4.79 Å². The van der Waals surface area contributed by atoms with Crippen molar-refractivity contribution in [3.05, 3.63) is 25.3 Å². The summed E-state index contributed by atoms with van der Waals surface area (Å²) < 4.78 is 0. The molecule has 0 rings (SSSR count). The second-order valence-corrected chi connectivity index (χ2v) is 1.52. The summed E-state index contributed by atoms with van der Waals surface area (Å²) >= 11 is 0. The minimum Gasteiger partial charge on any atom is -0.299 e. The van der Waals surface area contributed by atoms with E-state index in [9.17, 15) is 4.79 Å². The Morgan fingerprint density at radius 2 is 1.56 bits per heavy atom. The molecule has 0 aliphatic heterocycles. The van der Waals surface area contributed by atoms with Gasteiger partial charge in [0.15, 0.2) is 0 Å². The van der Waals surface area contributed by atoms with Crippen LogP contribution in [0.1, 0.15) is 12.8 Å². The van der Waals surface area contributed by atoms with Crippen molar-refractivity contribution in [2.24, 2.45) is 0 Å². The van der Waals surface area contributed by atoms with Gasteiger partial charge in [0.2, 0.25) is 0 Å². The molecule has 0 aromatic rings. The van der Waals surface area contributed by atoms with Gasteiger partial charge in [-0.25, -0.2) is 0 Å². The van der Waals surface area contributed by atoms with Crippen LogP contribution in [-0.4, -0.2) is 5.78 Å². The van der Waals surface area contributed by atoms with Crippen LogP contribution in [0.25, 0.3) is 0 Å². The fourth-order valence-corrected chi connectivity index (χ4v) is 0.405. The van der Waals surface area contributed by atoms with E-state index < -0.39 is 0 Å². The molecule has 0 saturated carbocycles. The Balaban J connectivity index is 0. The summed E-state index contributed by atoms with van der Waals surface area (Å²) in [5.41, 5.74) is 0. The molecule has 2 heteroatoms. The molecule has 0 aliphatic carbocycles. The lowest BCUT2D eigenvalue weighted by atomic mass is 10.2. The topological polar surface area (TPSA) is 17.1 Å². The molecular weight excluding hydrogens is 136 g/mol. The van der Waals surface area contributed by atoms with Crippen LogP contribution in [0, 0.1) is 0 Å². The third kappa shape index (κ3) is 7.44. The first-order chi connectivity index (χ1) is 3.81. The predicted molar refractivity (Wildman–Crippen MR) is 41.9 cm³/mol. The molecule has 0 fully saturated rings. The van der Waals surface area contributed by atoms with Crippen molar-refractivity contribution in [2.45, 2.75) is 12.8 Å². The number of allylic oxidation sites excluding steroid dienone is 2. The van der Waals surface area contributed by atoms with Gasteiger partial charge in [0.05, 0.1) is 0 Å². The van der Waals surface area contributed by atoms with E-state index in [1.165, 1.54) is 0 Å². The molecule has 52 valence electrons. The summed E-state index contributed by atoms with van der Waals surface area (Å²) in [4.78, 5) is 10.5. The monoisotopic (exact) mass is 146 g/mol. The molecule has 1 nitrogen and oxygen atoms in total. The van der Waals surface area contributed by atoms with Gasteiger partial charge in [-0.15, -0.1) is 25.6 Å². The molecule has 0 aromatic heterocycles. The van der Waals surface area contributed by atoms with E-state index in [0.29, 0.717) is 12.8 Å². The van der Waals surface area contributed by atoms with Crippen LogP contribution < -0.4 is 0 Å². The van der Waals surface area contributed by atoms with Gasteiger partial charge < -0.3 is 0 Å². The lowest BCUT2D eigenvalue weighted by molar-refractivity contribution is -0.117. The van der Waals surface area contributed by atoms with E-state index in [2.05, 4.69) is 13.2 Å². The number of halogens is 1. The number of carbonyl (C=O) groups is 1. The number of carbonyl (C=O) groups excluding carboxylic acids is 1. The van der Waals surface area contributed by atoms with Crippen molar-refractivity contribution in [2.75, 3.05) is 0 Å². The summed E-state index contributed by atoms with van der Waals surface area (Å²) in [7, 11) is 0. The Bertz CT molecular complexity index is 95.5. The van der Waals surface area contributed by atoms with Gasteiger partial charge >= 0.3 is 0 Å². The smallest absolute Gasteiger partial charge is 0.140 e. The van der Waals surface area contributed by atoms with E-state index in [1.54, 1.807) is 12.2 Å². The molecule has 0 bridgehead atoms. The van der Waals surface area contributed by atoms with Crippen molar-refractivity contribution >= 4 is 18.2 Å². The second kappa shape index (κ2) is 7.44. The van der Waals surface area contributed by atoms with Crippen molar-refractivity contribution in [3.8, 4) is 0 Å². The fourth-order valence-electron chi connectivity index (χ4n) is 0.405. The molecule has 0 radical (unpaired) electrons. The predicted octanol–water partition coefficient (Wildman–Crippen LogP) is 2.13. The molecule has 0 aromatic carbocycles. The maximum Gasteiger partial charge on any atom is 0.140 e. The molecular formula is C7H11ClO. The van der Waals surface area contributed by atoms with Gasteiger partial charge in [0, 0.05) is 12.8 Å². The summed E-state index contributed by atoms with van der Waals surface area (Å²) in [5.74, 6) is 0.176. The van der Waals surface area contributed by atoms with Gasteiger partial charge in [-0.1, -0.05) is 12.2 Å². The highest BCUT2D eigenvalue weighted by molar-refractivity contribution is 5.85. The number of Topliss-reactive ketones (excluding diaryl/α,β-unsaturated/α-hetero) is 1. The Morgan fingerprint density at radius 3 is 1.78 bits per heavy atom. The fraction of sp³-hybridized carbons (Fsp3) is 0.286. The van der Waals surface area contributed by atoms with Crippen LogP contribution in [-0.2, 0) is 4.79 Å². The summed E-state index contributed by atoms with van der Waals surface area (Å²) in [5, 5.41) is 0. The average Bonchev–Trinajstić information content (AvgIpc) is 1.68. The van der Waals surface area contributed by atoms with E-state index >= 15 is 0 Å². The van der Waals surface area contributed by atoms with E-state index in [1.807, 2.05) is 0 Å². The molecule has 9 heavy (non-hydrogen) atoms. The molecule has 0 amide bonds. The first-order valence-corrected chi connectivity index (χ1v) is 2.54. The van der Waals surface area contributed by atoms with Crippen molar-refractivity contribution in [3.63, 3.8) is 0 Å². The van der Waals surface area contributed by atoms with Crippen LogP contribution in [0.4, 0.5) is 0 Å². The quantitative estimate of drug-likeness (QED) is 0.556. The maximum absolute atomic E-state index is 10.5. The molecule has 0 aliphatic rings. The Morgan fingerprint density at radius 1 is 1.22 bits per heavy atom. The zero-order valence-corrected chi connectivity index (χ0v) is 6.12. The number of hydrogen-bond donors (Lipinski definition) is 0. The van der Waals surface area contributed by atoms with Crippen LogP contribution in [0.5, 0.6) is 0 Å². The third-order valence-corrected chi connectivity index (χ3v) is 0.744. The SMILES string of the molecule is C=CCC(=O)CC=C.Cl. The van der Waals surface area contributed by atoms with Crippen LogP contribution in [0.15, 0.2) is 25.3 Å². The largest absolute Gasteiger partial charge is 0.299 e. The standard InChI is InChI=1S/C7H10O.ClH/c1-3-5-7(8)6-4-2;/h3-4H,1-2,5-6H2;1H. The number of ketones is 1. The van der Waals surface area contributed by atoms with Crippen LogP contribution in [0.2, 0.25) is 0 Å². The first kappa shape index (κ1) is 11.3. The zero-order valence-electron chi connectivity index (χ0n) is 5.30. The zero-order chi connectivity index (χ0) is 6.41. The number of rotatable bonds is 4. The minimum atomic E-state index is 0. The highest BCUT2D eigenvalue weighted by Gasteiger charge is 1.91. The first-order valence-electron chi connectivity index (χ1n) is 2.54. The second-order valence-electron chi connectivity index (χ2n) is 1.52. The lowest BCUT2D eigenvalue weighted by Gasteiger charge is -1.85. The molecule has 0 spiro atoms. The van der Waals surface area contributed by atoms with Gasteiger partial charge in [-0.05, 0) is 0 Å². The van der Waals surface area contributed by atoms with Crippen molar-refractivity contribution < 1.29 is 4.79 Å². The molecule has 0 N–H and O–H groups in total. The normalized spacial score (nSPS) is 7.11. The highest BCUT2D eigenvalue weighted by Crippen LogP contribution is 1.89. The van der Waals surface area contributed by atoms with E-state index in [0.717, 1.165) is 0 Å². The molecule has 0 unspecified atom stereocenters. The highest BCUT2D eigenvalue weighted by atomic mass is 35.5. The van der Waals surface area contributed by atoms with Crippen LogP contribution >= 0.6 is 12.4 Å². The average molecular weight is 147 g/mol. The van der Waals surface area contributed by atoms with E-state index in [-0.39, 0.29) is 18.2 Å². The van der Waals surface area contributed by atoms with Crippen molar-refractivity contribution in [1.29, 1.82) is 0 Å². The Kier molecular flexibility index (Phi) is 9.31. The maximum atomic E-state index is 10.5. The lowest BCUT2D eigenvalue weighted by Crippen LogP contribution is -1.90. The van der Waals surface area contributed by atoms with E-state index in [4.69, 9.17) is 0 Å². The molecule has 0 heterocycles. The summed E-state index contributed by atoms with van der Waals surface area (Å²) in [6.45, 7) is 6.86. The Hall–Kier alpha value is -0.560. The summed E-state index contributed by atoms with van der Waals surface area (Å²) in [6.07, 6.45) is 4.13. The minimum absolute atomic E-state index is 0.